The van der Waals surface area contributed by atoms with Crippen molar-refractivity contribution in [3.05, 3.63) is 16.5 Å². The predicted molar refractivity (Wildman–Crippen MR) is 94.2 cm³/mol. The Labute approximate surface area is 147 Å². The lowest BCUT2D eigenvalue weighted by Crippen LogP contribution is -2.39. The number of aromatic amines is 1. The first-order valence-corrected chi connectivity index (χ1v) is 8.62. The summed E-state index contributed by atoms with van der Waals surface area (Å²) < 4.78 is 5.50. The Morgan fingerprint density at radius 2 is 2.16 bits per heavy atom. The minimum Gasteiger partial charge on any atom is -0.481 e. The summed E-state index contributed by atoms with van der Waals surface area (Å²) in [6, 6.07) is -0.300. The van der Waals surface area contributed by atoms with Crippen LogP contribution in [0.2, 0.25) is 0 Å². The highest BCUT2D eigenvalue weighted by Crippen LogP contribution is 2.20. The van der Waals surface area contributed by atoms with E-state index in [2.05, 4.69) is 9.97 Å². The standard InChI is InChI=1S/C18H27N3O4/c1-6-9-21(17(24)25-18(3,4)5)11(2)15-19-13-8-7-12(16(22)23)10-14(13)20-15/h8,10-12H,6-7,9H2,1-5H3,(H,19,20)(H,22,23). The molecule has 1 heterocycles. The zero-order valence-electron chi connectivity index (χ0n) is 15.5. The van der Waals surface area contributed by atoms with Gasteiger partial charge in [0, 0.05) is 6.54 Å². The van der Waals surface area contributed by atoms with Gasteiger partial charge in [-0.3, -0.25) is 9.69 Å². The Bertz CT molecular complexity index is 760. The zero-order valence-corrected chi connectivity index (χ0v) is 15.5. The van der Waals surface area contributed by atoms with E-state index in [1.807, 2.05) is 40.7 Å². The minimum atomic E-state index is -0.854. The monoisotopic (exact) mass is 349 g/mol. The number of amides is 1. The third-order valence-electron chi connectivity index (χ3n) is 3.99. The topological polar surface area (TPSA) is 95.5 Å². The molecule has 1 aliphatic rings. The SMILES string of the molecule is CCCN(C(=O)OC(C)(C)C)C(C)c1nc2c([nH]1)=CC(C(=O)O)CC=2. The second kappa shape index (κ2) is 7.29. The molecule has 1 amide bonds. The lowest BCUT2D eigenvalue weighted by molar-refractivity contribution is -0.139. The number of fused-ring (bicyclic) bond motifs is 1. The molecule has 0 saturated carbocycles. The molecule has 0 radical (unpaired) electrons. The van der Waals surface area contributed by atoms with Gasteiger partial charge in [-0.15, -0.1) is 0 Å². The van der Waals surface area contributed by atoms with Gasteiger partial charge in [-0.05, 0) is 46.6 Å². The van der Waals surface area contributed by atoms with E-state index < -0.39 is 17.5 Å². The van der Waals surface area contributed by atoms with Crippen molar-refractivity contribution >= 4 is 24.2 Å². The number of hydrogen-bond donors (Lipinski definition) is 2. The molecule has 7 heteroatoms. The molecule has 2 rings (SSSR count). The van der Waals surface area contributed by atoms with Crippen molar-refractivity contribution < 1.29 is 19.4 Å². The zero-order chi connectivity index (χ0) is 18.8. The quantitative estimate of drug-likeness (QED) is 0.845. The van der Waals surface area contributed by atoms with Crippen LogP contribution >= 0.6 is 0 Å². The van der Waals surface area contributed by atoms with Crippen LogP contribution in [-0.4, -0.2) is 44.2 Å². The number of H-pyrrole nitrogens is 1. The van der Waals surface area contributed by atoms with Crippen molar-refractivity contribution in [2.45, 2.75) is 59.1 Å². The number of aromatic nitrogens is 2. The van der Waals surface area contributed by atoms with Gasteiger partial charge in [0.15, 0.2) is 0 Å². The van der Waals surface area contributed by atoms with Crippen molar-refractivity contribution in [2.75, 3.05) is 6.54 Å². The normalized spacial score (nSPS) is 17.7. The fourth-order valence-corrected chi connectivity index (χ4v) is 2.73. The summed E-state index contributed by atoms with van der Waals surface area (Å²) in [5.74, 6) is -0.774. The molecule has 0 aromatic carbocycles. The van der Waals surface area contributed by atoms with Gasteiger partial charge in [0.25, 0.3) is 0 Å². The minimum absolute atomic E-state index is 0.300. The van der Waals surface area contributed by atoms with Crippen molar-refractivity contribution in [1.29, 1.82) is 0 Å². The third-order valence-corrected chi connectivity index (χ3v) is 3.99. The molecule has 0 spiro atoms. The van der Waals surface area contributed by atoms with E-state index in [-0.39, 0.29) is 12.1 Å². The maximum Gasteiger partial charge on any atom is 0.410 e. The van der Waals surface area contributed by atoms with Crippen LogP contribution in [0, 0.1) is 5.92 Å². The summed E-state index contributed by atoms with van der Waals surface area (Å²) in [5, 5.41) is 10.6. The van der Waals surface area contributed by atoms with Crippen LogP contribution < -0.4 is 10.7 Å². The molecule has 0 saturated heterocycles. The first-order chi connectivity index (χ1) is 11.6. The second-order valence-corrected chi connectivity index (χ2v) is 7.32. The molecule has 138 valence electrons. The fourth-order valence-electron chi connectivity index (χ4n) is 2.73. The van der Waals surface area contributed by atoms with Crippen LogP contribution in [0.15, 0.2) is 0 Å². The van der Waals surface area contributed by atoms with Crippen LogP contribution in [-0.2, 0) is 9.53 Å². The summed E-state index contributed by atoms with van der Waals surface area (Å²) in [6.45, 7) is 9.94. The Hall–Kier alpha value is -2.31. The van der Waals surface area contributed by atoms with Crippen molar-refractivity contribution in [3.8, 4) is 0 Å². The van der Waals surface area contributed by atoms with Crippen LogP contribution in [0.25, 0.3) is 12.2 Å². The molecule has 0 fully saturated rings. The summed E-state index contributed by atoms with van der Waals surface area (Å²) in [6.07, 6.45) is 4.33. The molecule has 2 N–H and O–H groups in total. The molecule has 25 heavy (non-hydrogen) atoms. The second-order valence-electron chi connectivity index (χ2n) is 7.32. The predicted octanol–water partition coefficient (Wildman–Crippen LogP) is 1.78. The molecule has 1 aromatic rings. The van der Waals surface area contributed by atoms with Gasteiger partial charge < -0.3 is 14.8 Å². The average Bonchev–Trinajstić information content (AvgIpc) is 2.93. The summed E-state index contributed by atoms with van der Waals surface area (Å²) in [7, 11) is 0. The van der Waals surface area contributed by atoms with Gasteiger partial charge in [0.05, 0.1) is 22.7 Å². The van der Waals surface area contributed by atoms with E-state index in [4.69, 9.17) is 9.84 Å². The number of imidazole rings is 1. The van der Waals surface area contributed by atoms with E-state index in [0.717, 1.165) is 11.8 Å². The molecule has 1 aromatic heterocycles. The number of carboxylic acid groups (broad SMARTS) is 1. The highest BCUT2D eigenvalue weighted by molar-refractivity contribution is 5.78. The molecule has 2 atom stereocenters. The molecule has 0 aliphatic heterocycles. The lowest BCUT2D eigenvalue weighted by Gasteiger charge is -2.30. The van der Waals surface area contributed by atoms with Crippen LogP contribution in [0.1, 0.15) is 59.3 Å². The molecular formula is C18H27N3O4. The van der Waals surface area contributed by atoms with Gasteiger partial charge in [0.1, 0.15) is 11.4 Å². The summed E-state index contributed by atoms with van der Waals surface area (Å²) in [4.78, 5) is 33.0. The van der Waals surface area contributed by atoms with E-state index >= 15 is 0 Å². The summed E-state index contributed by atoms with van der Waals surface area (Å²) in [5.41, 5.74) is -0.568. The Morgan fingerprint density at radius 3 is 2.72 bits per heavy atom. The number of nitrogens with one attached hydrogen (secondary N) is 1. The number of ether oxygens (including phenoxy) is 1. The smallest absolute Gasteiger partial charge is 0.410 e. The van der Waals surface area contributed by atoms with E-state index in [1.165, 1.54) is 0 Å². The third kappa shape index (κ3) is 4.61. The van der Waals surface area contributed by atoms with E-state index in [1.54, 1.807) is 11.0 Å². The van der Waals surface area contributed by atoms with E-state index in [9.17, 15) is 9.59 Å². The van der Waals surface area contributed by atoms with Crippen LogP contribution in [0.5, 0.6) is 0 Å². The maximum absolute atomic E-state index is 12.5. The van der Waals surface area contributed by atoms with Gasteiger partial charge in [-0.2, -0.15) is 0 Å². The van der Waals surface area contributed by atoms with Gasteiger partial charge in [-0.1, -0.05) is 13.0 Å². The number of carbonyl (C=O) groups excluding carboxylic acids is 1. The molecular weight excluding hydrogens is 322 g/mol. The fraction of sp³-hybridized carbons (Fsp3) is 0.611. The van der Waals surface area contributed by atoms with Crippen LogP contribution in [0.3, 0.4) is 0 Å². The van der Waals surface area contributed by atoms with Gasteiger partial charge in [-0.25, -0.2) is 9.78 Å². The molecule has 2 unspecified atom stereocenters. The molecule has 0 bridgehead atoms. The first kappa shape index (κ1) is 19.0. The average molecular weight is 349 g/mol. The largest absolute Gasteiger partial charge is 0.481 e. The lowest BCUT2D eigenvalue weighted by atomic mass is 10.0. The number of nitrogens with zero attached hydrogens (tertiary/aromatic N) is 2. The van der Waals surface area contributed by atoms with E-state index in [0.29, 0.717) is 24.1 Å². The number of carboxylic acids is 1. The first-order valence-electron chi connectivity index (χ1n) is 8.62. The van der Waals surface area contributed by atoms with Crippen molar-refractivity contribution in [1.82, 2.24) is 14.9 Å². The number of aliphatic carboxylic acids is 1. The highest BCUT2D eigenvalue weighted by Gasteiger charge is 2.28. The van der Waals surface area contributed by atoms with Crippen LogP contribution in [0.4, 0.5) is 4.79 Å². The number of carbonyl (C=O) groups is 2. The molecule has 7 nitrogen and oxygen atoms in total. The molecule has 1 aliphatic carbocycles. The highest BCUT2D eigenvalue weighted by atomic mass is 16.6. The maximum atomic E-state index is 12.5. The Balaban J connectivity index is 2.29. The Kier molecular flexibility index (Phi) is 5.55. The number of hydrogen-bond acceptors (Lipinski definition) is 4. The van der Waals surface area contributed by atoms with Crippen molar-refractivity contribution in [3.63, 3.8) is 0 Å². The van der Waals surface area contributed by atoms with Crippen molar-refractivity contribution in [2.24, 2.45) is 5.92 Å². The summed E-state index contributed by atoms with van der Waals surface area (Å²) >= 11 is 0. The Morgan fingerprint density at radius 1 is 1.48 bits per heavy atom. The van der Waals surface area contributed by atoms with Gasteiger partial charge >= 0.3 is 12.1 Å². The van der Waals surface area contributed by atoms with Gasteiger partial charge in [0.2, 0.25) is 0 Å². The number of rotatable bonds is 5.